The highest BCUT2D eigenvalue weighted by atomic mass is 15.2. The van der Waals surface area contributed by atoms with E-state index in [1.807, 2.05) is 0 Å². The predicted molar refractivity (Wildman–Crippen MR) is 100 cm³/mol. The molecule has 3 nitrogen and oxygen atoms in total. The quantitative estimate of drug-likeness (QED) is 0.667. The van der Waals surface area contributed by atoms with Crippen LogP contribution in [0.15, 0.2) is 48.5 Å². The van der Waals surface area contributed by atoms with Crippen molar-refractivity contribution in [3.05, 3.63) is 54.1 Å². The number of aryl methyl sites for hydroxylation is 1. The minimum atomic E-state index is 0.530. The van der Waals surface area contributed by atoms with Crippen LogP contribution in [-0.4, -0.2) is 22.6 Å². The van der Waals surface area contributed by atoms with Crippen molar-refractivity contribution in [3.63, 3.8) is 0 Å². The minimum Gasteiger partial charge on any atom is -0.353 e. The van der Waals surface area contributed by atoms with Gasteiger partial charge in [-0.3, -0.25) is 0 Å². The van der Waals surface area contributed by atoms with E-state index in [0.29, 0.717) is 6.04 Å². The number of benzene rings is 2. The second-order valence-corrected chi connectivity index (χ2v) is 6.80. The Hall–Kier alpha value is -2.42. The van der Waals surface area contributed by atoms with Gasteiger partial charge in [0.1, 0.15) is 5.82 Å². The van der Waals surface area contributed by atoms with E-state index in [1.54, 1.807) is 0 Å². The molecule has 3 heteroatoms. The maximum absolute atomic E-state index is 5.00. The third kappa shape index (κ3) is 2.75. The van der Waals surface area contributed by atoms with Gasteiger partial charge in [-0.2, -0.15) is 0 Å². The Balaban J connectivity index is 1.91. The largest absolute Gasteiger partial charge is 0.353 e. The topological polar surface area (TPSA) is 29.0 Å². The van der Waals surface area contributed by atoms with Gasteiger partial charge in [0.05, 0.1) is 5.52 Å². The van der Waals surface area contributed by atoms with Crippen LogP contribution in [0.1, 0.15) is 31.7 Å². The van der Waals surface area contributed by atoms with Gasteiger partial charge >= 0.3 is 0 Å². The molecule has 2 aromatic carbocycles. The second-order valence-electron chi connectivity index (χ2n) is 6.80. The van der Waals surface area contributed by atoms with Gasteiger partial charge in [0.2, 0.25) is 0 Å². The summed E-state index contributed by atoms with van der Waals surface area (Å²) in [5.74, 6) is 1.91. The van der Waals surface area contributed by atoms with Crippen molar-refractivity contribution in [2.24, 2.45) is 0 Å². The Kier molecular flexibility index (Phi) is 3.93. The lowest BCUT2D eigenvalue weighted by molar-refractivity contribution is 0.482. The maximum Gasteiger partial charge on any atom is 0.162 e. The average Bonchev–Trinajstić information content (AvgIpc) is 2.61. The molecule has 1 fully saturated rings. The van der Waals surface area contributed by atoms with Crippen LogP contribution in [-0.2, 0) is 0 Å². The lowest BCUT2D eigenvalue weighted by Crippen LogP contribution is -2.38. The summed E-state index contributed by atoms with van der Waals surface area (Å²) >= 11 is 0. The van der Waals surface area contributed by atoms with E-state index < -0.39 is 0 Å². The van der Waals surface area contributed by atoms with E-state index in [0.717, 1.165) is 34.7 Å². The molecule has 0 aliphatic carbocycles. The molecule has 1 saturated heterocycles. The summed E-state index contributed by atoms with van der Waals surface area (Å²) in [6.07, 6.45) is 3.78. The fourth-order valence-electron chi connectivity index (χ4n) is 3.60. The fraction of sp³-hybridized carbons (Fsp3) is 0.333. The van der Waals surface area contributed by atoms with Crippen molar-refractivity contribution in [2.75, 3.05) is 11.4 Å². The molecule has 0 spiro atoms. The molecule has 1 unspecified atom stereocenters. The highest BCUT2D eigenvalue weighted by Crippen LogP contribution is 2.31. The lowest BCUT2D eigenvalue weighted by Gasteiger charge is -2.35. The molecule has 0 saturated carbocycles. The van der Waals surface area contributed by atoms with Gasteiger partial charge < -0.3 is 4.90 Å². The summed E-state index contributed by atoms with van der Waals surface area (Å²) in [6.45, 7) is 5.50. The SMILES string of the molecule is Cc1cccc(-c2nc(N3CCCCC3C)c3ccccc3n2)c1. The Morgan fingerprint density at radius 2 is 1.88 bits per heavy atom. The van der Waals surface area contributed by atoms with E-state index in [4.69, 9.17) is 9.97 Å². The summed E-state index contributed by atoms with van der Waals surface area (Å²) in [5, 5.41) is 1.16. The highest BCUT2D eigenvalue weighted by Gasteiger charge is 2.22. The Labute approximate surface area is 143 Å². The van der Waals surface area contributed by atoms with Crippen LogP contribution >= 0.6 is 0 Å². The van der Waals surface area contributed by atoms with E-state index in [9.17, 15) is 0 Å². The number of nitrogens with zero attached hydrogens (tertiary/aromatic N) is 3. The first kappa shape index (κ1) is 15.1. The van der Waals surface area contributed by atoms with Gasteiger partial charge in [-0.25, -0.2) is 9.97 Å². The molecule has 0 bridgehead atoms. The van der Waals surface area contributed by atoms with Gasteiger partial charge in [-0.15, -0.1) is 0 Å². The molecule has 0 radical (unpaired) electrons. The standard InChI is InChI=1S/C21H23N3/c1-15-8-7-10-17(14-15)20-22-19-12-4-3-11-18(19)21(23-20)24-13-6-5-9-16(24)2/h3-4,7-8,10-12,14,16H,5-6,9,13H2,1-2H3. The molecule has 0 N–H and O–H groups in total. The summed E-state index contributed by atoms with van der Waals surface area (Å²) in [5.41, 5.74) is 3.35. The average molecular weight is 317 g/mol. The molecule has 1 aliphatic rings. The van der Waals surface area contributed by atoms with Crippen LogP contribution in [0.4, 0.5) is 5.82 Å². The zero-order valence-corrected chi connectivity index (χ0v) is 14.4. The van der Waals surface area contributed by atoms with Crippen molar-refractivity contribution in [1.29, 1.82) is 0 Å². The van der Waals surface area contributed by atoms with Crippen LogP contribution in [0.5, 0.6) is 0 Å². The zero-order chi connectivity index (χ0) is 16.5. The van der Waals surface area contributed by atoms with Crippen molar-refractivity contribution in [2.45, 2.75) is 39.2 Å². The van der Waals surface area contributed by atoms with Crippen LogP contribution < -0.4 is 4.90 Å². The number of rotatable bonds is 2. The lowest BCUT2D eigenvalue weighted by atomic mass is 10.0. The molecule has 122 valence electrons. The second kappa shape index (κ2) is 6.23. The van der Waals surface area contributed by atoms with Crippen molar-refractivity contribution >= 4 is 16.7 Å². The van der Waals surface area contributed by atoms with Crippen molar-refractivity contribution < 1.29 is 0 Å². The first-order valence-electron chi connectivity index (χ1n) is 8.83. The molecular formula is C21H23N3. The van der Waals surface area contributed by atoms with Crippen molar-refractivity contribution in [1.82, 2.24) is 9.97 Å². The van der Waals surface area contributed by atoms with E-state index in [-0.39, 0.29) is 0 Å². The maximum atomic E-state index is 5.00. The van der Waals surface area contributed by atoms with Crippen molar-refractivity contribution in [3.8, 4) is 11.4 Å². The molecule has 24 heavy (non-hydrogen) atoms. The Morgan fingerprint density at radius 1 is 1.00 bits per heavy atom. The number of anilines is 1. The summed E-state index contributed by atoms with van der Waals surface area (Å²) in [4.78, 5) is 12.3. The summed E-state index contributed by atoms with van der Waals surface area (Å²) < 4.78 is 0. The van der Waals surface area contributed by atoms with Gasteiger partial charge in [-0.05, 0) is 51.3 Å². The van der Waals surface area contributed by atoms with Crippen LogP contribution in [0, 0.1) is 6.92 Å². The number of piperidine rings is 1. The number of para-hydroxylation sites is 1. The van der Waals surface area contributed by atoms with Crippen LogP contribution in [0.2, 0.25) is 0 Å². The molecular weight excluding hydrogens is 294 g/mol. The number of hydrogen-bond acceptors (Lipinski definition) is 3. The van der Waals surface area contributed by atoms with E-state index >= 15 is 0 Å². The minimum absolute atomic E-state index is 0.530. The van der Waals surface area contributed by atoms with Gasteiger partial charge in [0.25, 0.3) is 0 Å². The molecule has 2 heterocycles. The number of hydrogen-bond donors (Lipinski definition) is 0. The van der Waals surface area contributed by atoms with Gasteiger partial charge in [0, 0.05) is 23.5 Å². The first-order chi connectivity index (χ1) is 11.7. The van der Waals surface area contributed by atoms with Crippen LogP contribution in [0.25, 0.3) is 22.3 Å². The number of fused-ring (bicyclic) bond motifs is 1. The predicted octanol–water partition coefficient (Wildman–Crippen LogP) is 4.98. The first-order valence-corrected chi connectivity index (χ1v) is 8.83. The van der Waals surface area contributed by atoms with Crippen LogP contribution in [0.3, 0.4) is 0 Å². The highest BCUT2D eigenvalue weighted by molar-refractivity contribution is 5.91. The monoisotopic (exact) mass is 317 g/mol. The molecule has 4 rings (SSSR count). The Bertz CT molecular complexity index is 872. The summed E-state index contributed by atoms with van der Waals surface area (Å²) in [6, 6.07) is 17.3. The summed E-state index contributed by atoms with van der Waals surface area (Å²) in [7, 11) is 0. The number of aromatic nitrogens is 2. The molecule has 1 aliphatic heterocycles. The van der Waals surface area contributed by atoms with E-state index in [2.05, 4.69) is 67.3 Å². The normalized spacial score (nSPS) is 18.1. The molecule has 1 aromatic heterocycles. The molecule has 0 amide bonds. The third-order valence-corrected chi connectivity index (χ3v) is 4.93. The molecule has 1 atom stereocenters. The van der Waals surface area contributed by atoms with E-state index in [1.165, 1.54) is 24.8 Å². The van der Waals surface area contributed by atoms with Gasteiger partial charge in [-0.1, -0.05) is 35.9 Å². The fourth-order valence-corrected chi connectivity index (χ4v) is 3.60. The van der Waals surface area contributed by atoms with Gasteiger partial charge in [0.15, 0.2) is 5.82 Å². The molecule has 3 aromatic rings. The third-order valence-electron chi connectivity index (χ3n) is 4.93. The zero-order valence-electron chi connectivity index (χ0n) is 14.4. The smallest absolute Gasteiger partial charge is 0.162 e. The Morgan fingerprint density at radius 3 is 2.71 bits per heavy atom.